The van der Waals surface area contributed by atoms with E-state index >= 15 is 0 Å². The molecular formula is C22H19N5O2. The molecule has 7 heteroatoms. The number of nitrogens with zero attached hydrogens (tertiary/aromatic N) is 2. The van der Waals surface area contributed by atoms with Crippen LogP contribution in [0.2, 0.25) is 0 Å². The van der Waals surface area contributed by atoms with Crippen LogP contribution >= 0.6 is 0 Å². The first-order valence-corrected chi connectivity index (χ1v) is 9.01. The number of urea groups is 1. The summed E-state index contributed by atoms with van der Waals surface area (Å²) in [7, 11) is 0. The summed E-state index contributed by atoms with van der Waals surface area (Å²) in [6.45, 7) is 2.02. The Balaban J connectivity index is 1.63. The highest BCUT2D eigenvalue weighted by Crippen LogP contribution is 2.34. The molecule has 29 heavy (non-hydrogen) atoms. The molecule has 144 valence electrons. The van der Waals surface area contributed by atoms with Gasteiger partial charge in [0.1, 0.15) is 5.75 Å². The van der Waals surface area contributed by atoms with Gasteiger partial charge in [-0.15, -0.1) is 0 Å². The molecule has 0 aliphatic heterocycles. The molecule has 4 N–H and O–H groups in total. The first kappa shape index (κ1) is 18.2. The second-order valence-corrected chi connectivity index (χ2v) is 6.46. The number of rotatable bonds is 5. The Morgan fingerprint density at radius 3 is 2.62 bits per heavy atom. The molecule has 4 aromatic rings. The highest BCUT2D eigenvalue weighted by atomic mass is 16.5. The zero-order valence-electron chi connectivity index (χ0n) is 15.7. The molecule has 0 bridgehead atoms. The summed E-state index contributed by atoms with van der Waals surface area (Å²) in [6, 6.07) is 20.1. The van der Waals surface area contributed by atoms with Crippen LogP contribution < -0.4 is 21.1 Å². The van der Waals surface area contributed by atoms with Crippen molar-refractivity contribution in [1.82, 2.24) is 9.97 Å². The third-order valence-electron chi connectivity index (χ3n) is 4.26. The largest absolute Gasteiger partial charge is 0.438 e. The number of nitrogens with two attached hydrogens (primary N) is 1. The van der Waals surface area contributed by atoms with Gasteiger partial charge in [0.2, 0.25) is 11.8 Å². The number of aryl methyl sites for hydroxylation is 1. The molecule has 0 aliphatic carbocycles. The van der Waals surface area contributed by atoms with Gasteiger partial charge in [-0.25, -0.2) is 9.78 Å². The summed E-state index contributed by atoms with van der Waals surface area (Å²) < 4.78 is 6.02. The van der Waals surface area contributed by atoms with Crippen LogP contribution in [0.3, 0.4) is 0 Å². The van der Waals surface area contributed by atoms with E-state index in [0.29, 0.717) is 23.3 Å². The van der Waals surface area contributed by atoms with Crippen molar-refractivity contribution >= 4 is 34.1 Å². The van der Waals surface area contributed by atoms with E-state index in [1.165, 1.54) is 0 Å². The third kappa shape index (κ3) is 4.24. The van der Waals surface area contributed by atoms with Crippen molar-refractivity contribution in [3.8, 4) is 11.6 Å². The van der Waals surface area contributed by atoms with E-state index in [1.54, 1.807) is 24.4 Å². The Morgan fingerprint density at radius 2 is 1.83 bits per heavy atom. The Bertz CT molecular complexity index is 1190. The number of hydrogen-bond donors (Lipinski definition) is 3. The van der Waals surface area contributed by atoms with Crippen LogP contribution in [0.15, 0.2) is 72.9 Å². The molecule has 0 fully saturated rings. The third-order valence-corrected chi connectivity index (χ3v) is 4.26. The SMILES string of the molecule is Cc1cccc(Nc2nccc(Oc3ccc(NC(N)=O)c4ccccc34)n2)c1. The Kier molecular flexibility index (Phi) is 4.94. The van der Waals surface area contributed by atoms with Crippen molar-refractivity contribution in [2.24, 2.45) is 5.73 Å². The van der Waals surface area contributed by atoms with Gasteiger partial charge in [0.15, 0.2) is 0 Å². The average molecular weight is 385 g/mol. The molecule has 1 aromatic heterocycles. The number of anilines is 3. The van der Waals surface area contributed by atoms with E-state index in [4.69, 9.17) is 10.5 Å². The molecule has 0 radical (unpaired) electrons. The highest BCUT2D eigenvalue weighted by molar-refractivity contribution is 6.03. The van der Waals surface area contributed by atoms with Gasteiger partial charge in [0, 0.05) is 28.7 Å². The summed E-state index contributed by atoms with van der Waals surface area (Å²) in [5, 5.41) is 7.44. The van der Waals surface area contributed by atoms with Gasteiger partial charge in [-0.2, -0.15) is 4.98 Å². The van der Waals surface area contributed by atoms with Crippen molar-refractivity contribution in [2.45, 2.75) is 6.92 Å². The lowest BCUT2D eigenvalue weighted by molar-refractivity contribution is 0.259. The Morgan fingerprint density at radius 1 is 1.00 bits per heavy atom. The number of benzene rings is 3. The minimum absolute atomic E-state index is 0.399. The van der Waals surface area contributed by atoms with Gasteiger partial charge in [-0.1, -0.05) is 36.4 Å². The van der Waals surface area contributed by atoms with Crippen LogP contribution in [0.5, 0.6) is 11.6 Å². The minimum Gasteiger partial charge on any atom is -0.438 e. The van der Waals surface area contributed by atoms with Gasteiger partial charge < -0.3 is 21.1 Å². The lowest BCUT2D eigenvalue weighted by Crippen LogP contribution is -2.19. The van der Waals surface area contributed by atoms with Crippen molar-refractivity contribution < 1.29 is 9.53 Å². The lowest BCUT2D eigenvalue weighted by Gasteiger charge is -2.12. The van der Waals surface area contributed by atoms with E-state index in [9.17, 15) is 4.79 Å². The maximum atomic E-state index is 11.3. The predicted molar refractivity (Wildman–Crippen MR) is 114 cm³/mol. The number of ether oxygens (including phenoxy) is 1. The number of carbonyl (C=O) groups excluding carboxylic acids is 1. The monoisotopic (exact) mass is 385 g/mol. The fourth-order valence-corrected chi connectivity index (χ4v) is 3.03. The van der Waals surface area contributed by atoms with Crippen molar-refractivity contribution in [1.29, 1.82) is 0 Å². The standard InChI is InChI=1S/C22H19N5O2/c1-14-5-4-6-15(13-14)25-22-24-12-11-20(27-22)29-19-10-9-18(26-21(23)28)16-7-2-3-8-17(16)19/h2-13H,1H3,(H3,23,26,28)(H,24,25,27). The molecule has 0 spiro atoms. The lowest BCUT2D eigenvalue weighted by atomic mass is 10.1. The van der Waals surface area contributed by atoms with Crippen LogP contribution in [0.25, 0.3) is 10.8 Å². The number of fused-ring (bicyclic) bond motifs is 1. The minimum atomic E-state index is -0.619. The number of amides is 2. The van der Waals surface area contributed by atoms with Crippen LogP contribution in [-0.4, -0.2) is 16.0 Å². The summed E-state index contributed by atoms with van der Waals surface area (Å²) in [5.41, 5.74) is 7.91. The Hall–Kier alpha value is -4.13. The maximum absolute atomic E-state index is 11.3. The van der Waals surface area contributed by atoms with Gasteiger partial charge in [-0.05, 0) is 36.8 Å². The number of carbonyl (C=O) groups is 1. The molecule has 0 unspecified atom stereocenters. The second-order valence-electron chi connectivity index (χ2n) is 6.46. The van der Waals surface area contributed by atoms with Gasteiger partial charge in [0.25, 0.3) is 0 Å². The maximum Gasteiger partial charge on any atom is 0.316 e. The number of nitrogens with one attached hydrogen (secondary N) is 2. The van der Waals surface area contributed by atoms with Crippen molar-refractivity contribution in [3.63, 3.8) is 0 Å². The Labute approximate surface area is 167 Å². The van der Waals surface area contributed by atoms with E-state index in [-0.39, 0.29) is 0 Å². The van der Waals surface area contributed by atoms with Crippen LogP contribution in [0, 0.1) is 6.92 Å². The average Bonchev–Trinajstić information content (AvgIpc) is 2.70. The van der Waals surface area contributed by atoms with E-state index < -0.39 is 6.03 Å². The highest BCUT2D eigenvalue weighted by Gasteiger charge is 2.10. The fourth-order valence-electron chi connectivity index (χ4n) is 3.03. The van der Waals surface area contributed by atoms with Crippen LogP contribution in [0.1, 0.15) is 5.56 Å². The molecule has 0 atom stereocenters. The molecule has 1 heterocycles. The van der Waals surface area contributed by atoms with Gasteiger partial charge >= 0.3 is 6.03 Å². The zero-order valence-corrected chi connectivity index (χ0v) is 15.7. The summed E-state index contributed by atoms with van der Waals surface area (Å²) >= 11 is 0. The van der Waals surface area contributed by atoms with E-state index in [0.717, 1.165) is 22.0 Å². The van der Waals surface area contributed by atoms with Gasteiger partial charge in [0.05, 0.1) is 5.69 Å². The molecule has 4 rings (SSSR count). The molecule has 0 saturated carbocycles. The van der Waals surface area contributed by atoms with Crippen LogP contribution in [0.4, 0.5) is 22.1 Å². The molecule has 3 aromatic carbocycles. The first-order valence-electron chi connectivity index (χ1n) is 9.01. The molecule has 7 nitrogen and oxygen atoms in total. The summed E-state index contributed by atoms with van der Waals surface area (Å²) in [5.74, 6) is 1.44. The topological polar surface area (TPSA) is 102 Å². The summed E-state index contributed by atoms with van der Waals surface area (Å²) in [4.78, 5) is 19.9. The first-order chi connectivity index (χ1) is 14.1. The number of primary amides is 1. The summed E-state index contributed by atoms with van der Waals surface area (Å²) in [6.07, 6.45) is 1.63. The number of hydrogen-bond acceptors (Lipinski definition) is 5. The molecule has 0 aliphatic rings. The van der Waals surface area contributed by atoms with Gasteiger partial charge in [-0.3, -0.25) is 0 Å². The molecule has 2 amide bonds. The number of aromatic nitrogens is 2. The van der Waals surface area contributed by atoms with E-state index in [1.807, 2.05) is 55.5 Å². The fraction of sp³-hybridized carbons (Fsp3) is 0.0455. The normalized spacial score (nSPS) is 10.5. The van der Waals surface area contributed by atoms with Crippen LogP contribution in [-0.2, 0) is 0 Å². The smallest absolute Gasteiger partial charge is 0.316 e. The van der Waals surface area contributed by atoms with Crippen molar-refractivity contribution in [2.75, 3.05) is 10.6 Å². The second kappa shape index (κ2) is 7.85. The quantitative estimate of drug-likeness (QED) is 0.450. The van der Waals surface area contributed by atoms with Crippen molar-refractivity contribution in [3.05, 3.63) is 78.5 Å². The predicted octanol–water partition coefficient (Wildman–Crippen LogP) is 4.96. The molecular weight excluding hydrogens is 366 g/mol. The molecule has 0 saturated heterocycles. The zero-order chi connectivity index (χ0) is 20.2. The van der Waals surface area contributed by atoms with E-state index in [2.05, 4.69) is 20.6 Å².